The van der Waals surface area contributed by atoms with E-state index in [4.69, 9.17) is 11.6 Å². The molecule has 1 aromatic carbocycles. The van der Waals surface area contributed by atoms with Gasteiger partial charge in [-0.3, -0.25) is 0 Å². The van der Waals surface area contributed by atoms with Crippen molar-refractivity contribution in [1.82, 2.24) is 9.62 Å². The predicted molar refractivity (Wildman–Crippen MR) is 74.9 cm³/mol. The maximum Gasteiger partial charge on any atom is 0.244 e. The Morgan fingerprint density at radius 2 is 2.16 bits per heavy atom. The highest BCUT2D eigenvalue weighted by molar-refractivity contribution is 7.89. The van der Waals surface area contributed by atoms with Crippen LogP contribution in [0.3, 0.4) is 0 Å². The summed E-state index contributed by atoms with van der Waals surface area (Å²) in [6.07, 6.45) is 0. The summed E-state index contributed by atoms with van der Waals surface area (Å²) in [4.78, 5) is -0.0420. The van der Waals surface area contributed by atoms with Crippen LogP contribution in [0, 0.1) is 5.82 Å². The number of nitrogens with one attached hydrogen (secondary N) is 1. The molecular weight excluding hydrogens is 314 g/mol. The first-order valence-electron chi connectivity index (χ1n) is 5.60. The SMILES string of the molecule is C[C@@H]1CN(S(=O)(=O)c2ccc(F)cc2Cl)CCN1.Cl. The molecule has 108 valence electrons. The minimum atomic E-state index is -3.65. The van der Waals surface area contributed by atoms with Gasteiger partial charge in [0, 0.05) is 25.7 Å². The molecule has 2 rings (SSSR count). The summed E-state index contributed by atoms with van der Waals surface area (Å²) >= 11 is 5.81. The highest BCUT2D eigenvalue weighted by Gasteiger charge is 2.30. The molecule has 1 atom stereocenters. The van der Waals surface area contributed by atoms with E-state index in [-0.39, 0.29) is 28.4 Å². The molecule has 0 radical (unpaired) electrons. The fourth-order valence-electron chi connectivity index (χ4n) is 1.94. The zero-order valence-corrected chi connectivity index (χ0v) is 12.7. The molecular formula is C11H15Cl2FN2O2S. The van der Waals surface area contributed by atoms with Crippen molar-refractivity contribution in [2.45, 2.75) is 17.9 Å². The van der Waals surface area contributed by atoms with Crippen LogP contribution < -0.4 is 5.32 Å². The molecule has 1 fully saturated rings. The number of nitrogens with zero attached hydrogens (tertiary/aromatic N) is 1. The second-order valence-electron chi connectivity index (χ2n) is 4.29. The molecule has 19 heavy (non-hydrogen) atoms. The van der Waals surface area contributed by atoms with Gasteiger partial charge in [-0.1, -0.05) is 11.6 Å². The standard InChI is InChI=1S/C11H14ClFN2O2S.ClH/c1-8-7-15(5-4-14-8)18(16,17)11-3-2-9(13)6-10(11)12;/h2-3,6,8,14H,4-5,7H2,1H3;1H/t8-;/m1./s1. The van der Waals surface area contributed by atoms with Crippen LogP contribution in [-0.2, 0) is 10.0 Å². The molecule has 0 aromatic heterocycles. The molecule has 0 spiro atoms. The van der Waals surface area contributed by atoms with Crippen LogP contribution in [0.15, 0.2) is 23.1 Å². The third kappa shape index (κ3) is 3.58. The average Bonchev–Trinajstić information content (AvgIpc) is 2.28. The number of benzene rings is 1. The number of piperazine rings is 1. The molecule has 0 amide bonds. The Hall–Kier alpha value is -0.400. The van der Waals surface area contributed by atoms with Crippen molar-refractivity contribution in [3.8, 4) is 0 Å². The molecule has 0 unspecified atom stereocenters. The largest absolute Gasteiger partial charge is 0.312 e. The summed E-state index contributed by atoms with van der Waals surface area (Å²) in [5.41, 5.74) is 0. The molecule has 1 aliphatic rings. The van der Waals surface area contributed by atoms with E-state index in [1.165, 1.54) is 10.4 Å². The summed E-state index contributed by atoms with van der Waals surface area (Å²) in [6, 6.07) is 3.41. The Morgan fingerprint density at radius 1 is 1.47 bits per heavy atom. The second-order valence-corrected chi connectivity index (χ2v) is 6.61. The Kier molecular flexibility index (Phi) is 5.58. The van der Waals surface area contributed by atoms with Gasteiger partial charge in [-0.25, -0.2) is 12.8 Å². The first kappa shape index (κ1) is 16.7. The first-order valence-corrected chi connectivity index (χ1v) is 7.41. The van der Waals surface area contributed by atoms with Crippen molar-refractivity contribution in [2.24, 2.45) is 0 Å². The lowest BCUT2D eigenvalue weighted by atomic mass is 10.3. The minimum absolute atomic E-state index is 0. The molecule has 4 nitrogen and oxygen atoms in total. The normalized spacial score (nSPS) is 20.9. The van der Waals surface area contributed by atoms with Crippen LogP contribution in [0.1, 0.15) is 6.92 Å². The second kappa shape index (κ2) is 6.37. The van der Waals surface area contributed by atoms with Gasteiger partial charge in [0.15, 0.2) is 0 Å². The average molecular weight is 329 g/mol. The molecule has 0 saturated carbocycles. The van der Waals surface area contributed by atoms with Crippen molar-refractivity contribution < 1.29 is 12.8 Å². The van der Waals surface area contributed by atoms with Crippen molar-refractivity contribution >= 4 is 34.0 Å². The lowest BCUT2D eigenvalue weighted by Gasteiger charge is -2.31. The van der Waals surface area contributed by atoms with Gasteiger partial charge in [0.05, 0.1) is 5.02 Å². The molecule has 0 bridgehead atoms. The lowest BCUT2D eigenvalue weighted by molar-refractivity contribution is 0.310. The van der Waals surface area contributed by atoms with Gasteiger partial charge in [-0.05, 0) is 25.1 Å². The van der Waals surface area contributed by atoms with E-state index < -0.39 is 15.8 Å². The number of halogens is 3. The number of sulfonamides is 1. The smallest absolute Gasteiger partial charge is 0.244 e. The highest BCUT2D eigenvalue weighted by Crippen LogP contribution is 2.25. The lowest BCUT2D eigenvalue weighted by Crippen LogP contribution is -2.51. The number of hydrogen-bond donors (Lipinski definition) is 1. The minimum Gasteiger partial charge on any atom is -0.312 e. The van der Waals surface area contributed by atoms with E-state index in [9.17, 15) is 12.8 Å². The van der Waals surface area contributed by atoms with Gasteiger partial charge in [-0.2, -0.15) is 4.31 Å². The first-order chi connectivity index (χ1) is 8.41. The van der Waals surface area contributed by atoms with Crippen molar-refractivity contribution in [1.29, 1.82) is 0 Å². The van der Waals surface area contributed by atoms with E-state index in [2.05, 4.69) is 5.32 Å². The Labute approximate surface area is 123 Å². The Morgan fingerprint density at radius 3 is 2.74 bits per heavy atom. The summed E-state index contributed by atoms with van der Waals surface area (Å²) in [5.74, 6) is -0.548. The van der Waals surface area contributed by atoms with Gasteiger partial charge in [0.2, 0.25) is 10.0 Å². The molecule has 1 N–H and O–H groups in total. The van der Waals surface area contributed by atoms with Crippen molar-refractivity contribution in [3.05, 3.63) is 29.0 Å². The van der Waals surface area contributed by atoms with Crippen LogP contribution in [0.5, 0.6) is 0 Å². The van der Waals surface area contributed by atoms with Crippen LogP contribution in [0.4, 0.5) is 4.39 Å². The van der Waals surface area contributed by atoms with E-state index in [1.54, 1.807) is 0 Å². The van der Waals surface area contributed by atoms with E-state index >= 15 is 0 Å². The Balaban J connectivity index is 0.00000180. The fourth-order valence-corrected chi connectivity index (χ4v) is 3.97. The molecule has 1 aliphatic heterocycles. The van der Waals surface area contributed by atoms with Gasteiger partial charge >= 0.3 is 0 Å². The van der Waals surface area contributed by atoms with Crippen molar-refractivity contribution in [2.75, 3.05) is 19.6 Å². The van der Waals surface area contributed by atoms with Gasteiger partial charge in [0.1, 0.15) is 10.7 Å². The zero-order valence-electron chi connectivity index (χ0n) is 10.3. The fraction of sp³-hybridized carbons (Fsp3) is 0.455. The quantitative estimate of drug-likeness (QED) is 0.901. The van der Waals surface area contributed by atoms with Crippen LogP contribution in [0.2, 0.25) is 5.02 Å². The highest BCUT2D eigenvalue weighted by atomic mass is 35.5. The van der Waals surface area contributed by atoms with Gasteiger partial charge in [-0.15, -0.1) is 12.4 Å². The molecule has 0 aliphatic carbocycles. The number of rotatable bonds is 2. The van der Waals surface area contributed by atoms with Crippen LogP contribution in [0.25, 0.3) is 0 Å². The van der Waals surface area contributed by atoms with Crippen LogP contribution >= 0.6 is 24.0 Å². The molecule has 1 heterocycles. The summed E-state index contributed by atoms with van der Waals surface area (Å²) in [7, 11) is -3.65. The monoisotopic (exact) mass is 328 g/mol. The van der Waals surface area contributed by atoms with E-state index in [0.29, 0.717) is 19.6 Å². The van der Waals surface area contributed by atoms with Crippen LogP contribution in [-0.4, -0.2) is 38.4 Å². The maximum atomic E-state index is 12.9. The van der Waals surface area contributed by atoms with Crippen molar-refractivity contribution in [3.63, 3.8) is 0 Å². The Bertz CT molecular complexity index is 554. The van der Waals surface area contributed by atoms with E-state index in [1.807, 2.05) is 6.92 Å². The predicted octanol–water partition coefficient (Wildman–Crippen LogP) is 1.88. The third-order valence-electron chi connectivity index (χ3n) is 2.84. The summed E-state index contributed by atoms with van der Waals surface area (Å²) in [6.45, 7) is 3.28. The summed E-state index contributed by atoms with van der Waals surface area (Å²) < 4.78 is 39.0. The maximum absolute atomic E-state index is 12.9. The molecule has 8 heteroatoms. The number of hydrogen-bond acceptors (Lipinski definition) is 3. The van der Waals surface area contributed by atoms with E-state index in [0.717, 1.165) is 12.1 Å². The summed E-state index contributed by atoms with van der Waals surface area (Å²) in [5, 5.41) is 3.08. The van der Waals surface area contributed by atoms with Gasteiger partial charge < -0.3 is 5.32 Å². The van der Waals surface area contributed by atoms with Gasteiger partial charge in [0.25, 0.3) is 0 Å². The third-order valence-corrected chi connectivity index (χ3v) is 5.19. The molecule has 1 aromatic rings. The topological polar surface area (TPSA) is 49.4 Å². The molecule has 1 saturated heterocycles. The zero-order chi connectivity index (χ0) is 13.3.